The van der Waals surface area contributed by atoms with E-state index in [9.17, 15) is 14.4 Å². The predicted molar refractivity (Wildman–Crippen MR) is 114 cm³/mol. The molecular weight excluding hydrogens is 396 g/mol. The van der Waals surface area contributed by atoms with Gasteiger partial charge in [-0.1, -0.05) is 44.7 Å². The molecule has 0 radical (unpaired) electrons. The fraction of sp³-hybridized carbons (Fsp3) is 0.478. The molecule has 3 aromatic rings. The van der Waals surface area contributed by atoms with Crippen LogP contribution in [0.5, 0.6) is 0 Å². The number of carbonyl (C=O) groups is 2. The number of nitrogens with one attached hydrogen (secondary N) is 1. The standard InChI is InChI=1S/C23H26N4O4/c1-2-8-17-20(15-13-19(28)26(21(15)29)14-9-4-3-5-10-14)22(30)27(25-17)23-24-16-11-6-7-12-18(16)31-23/h6-7,11-12,14-15,25H,2-5,8-10,13H2,1H3/t15-/m0/s1. The third kappa shape index (κ3) is 3.30. The molecule has 8 heteroatoms. The first-order valence-corrected chi connectivity index (χ1v) is 11.1. The molecule has 2 amide bonds. The lowest BCUT2D eigenvalue weighted by Gasteiger charge is -2.29. The maximum atomic E-state index is 13.4. The van der Waals surface area contributed by atoms with Gasteiger partial charge in [0.2, 0.25) is 11.8 Å². The van der Waals surface area contributed by atoms with E-state index in [4.69, 9.17) is 4.42 Å². The van der Waals surface area contributed by atoms with Crippen LogP contribution in [-0.4, -0.2) is 37.5 Å². The molecule has 5 rings (SSSR count). The highest BCUT2D eigenvalue weighted by atomic mass is 16.4. The average molecular weight is 422 g/mol. The minimum atomic E-state index is -0.745. The first-order chi connectivity index (χ1) is 15.1. The van der Waals surface area contributed by atoms with Gasteiger partial charge in [-0.25, -0.2) is 0 Å². The van der Waals surface area contributed by atoms with Crippen LogP contribution in [0, 0.1) is 0 Å². The molecule has 0 unspecified atom stereocenters. The summed E-state index contributed by atoms with van der Waals surface area (Å²) >= 11 is 0. The zero-order valence-electron chi connectivity index (χ0n) is 17.6. The van der Waals surface area contributed by atoms with E-state index in [0.29, 0.717) is 28.8 Å². The summed E-state index contributed by atoms with van der Waals surface area (Å²) < 4.78 is 7.03. The van der Waals surface area contributed by atoms with E-state index in [-0.39, 0.29) is 35.9 Å². The van der Waals surface area contributed by atoms with Crippen LogP contribution in [0.2, 0.25) is 0 Å². The predicted octanol–water partition coefficient (Wildman–Crippen LogP) is 3.43. The number of aryl methyl sites for hydroxylation is 1. The second-order valence-corrected chi connectivity index (χ2v) is 8.51. The summed E-state index contributed by atoms with van der Waals surface area (Å²) in [5, 5.41) is 3.10. The van der Waals surface area contributed by atoms with Gasteiger partial charge in [-0.2, -0.15) is 9.67 Å². The SMILES string of the molecule is CCCc1[nH]n(-c2nc3ccccc3o2)c(=O)c1[C@@H]1CC(=O)N(C2CCCCC2)C1=O. The van der Waals surface area contributed by atoms with Gasteiger partial charge in [0.25, 0.3) is 5.56 Å². The lowest BCUT2D eigenvalue weighted by Crippen LogP contribution is -2.41. The number of hydrogen-bond donors (Lipinski definition) is 1. The normalized spacial score (nSPS) is 20.3. The molecule has 162 valence electrons. The van der Waals surface area contributed by atoms with Gasteiger partial charge in [-0.3, -0.25) is 24.4 Å². The third-order valence-electron chi connectivity index (χ3n) is 6.45. The molecule has 1 saturated carbocycles. The van der Waals surface area contributed by atoms with Gasteiger partial charge in [0.15, 0.2) is 5.58 Å². The molecule has 2 fully saturated rings. The van der Waals surface area contributed by atoms with Crippen LogP contribution in [0.25, 0.3) is 17.1 Å². The van der Waals surface area contributed by atoms with Crippen molar-refractivity contribution < 1.29 is 14.0 Å². The molecule has 31 heavy (non-hydrogen) atoms. The number of aromatic amines is 1. The number of oxazole rings is 1. The van der Waals surface area contributed by atoms with Gasteiger partial charge >= 0.3 is 6.01 Å². The number of amides is 2. The summed E-state index contributed by atoms with van der Waals surface area (Å²) in [6.07, 6.45) is 6.35. The molecule has 8 nitrogen and oxygen atoms in total. The summed E-state index contributed by atoms with van der Waals surface area (Å²) in [4.78, 5) is 45.4. The summed E-state index contributed by atoms with van der Waals surface area (Å²) in [5.41, 5.74) is 1.90. The van der Waals surface area contributed by atoms with Crippen LogP contribution >= 0.6 is 0 Å². The molecule has 0 bridgehead atoms. The smallest absolute Gasteiger partial charge is 0.325 e. The number of fused-ring (bicyclic) bond motifs is 1. The number of rotatable bonds is 5. The van der Waals surface area contributed by atoms with Crippen molar-refractivity contribution in [1.29, 1.82) is 0 Å². The van der Waals surface area contributed by atoms with Gasteiger partial charge < -0.3 is 4.42 Å². The Bertz CT molecular complexity index is 1160. The maximum Gasteiger partial charge on any atom is 0.325 e. The zero-order valence-corrected chi connectivity index (χ0v) is 17.6. The zero-order chi connectivity index (χ0) is 21.5. The Morgan fingerprint density at radius 1 is 1.13 bits per heavy atom. The van der Waals surface area contributed by atoms with E-state index in [2.05, 4.69) is 10.1 Å². The van der Waals surface area contributed by atoms with E-state index in [1.165, 1.54) is 9.58 Å². The number of para-hydroxylation sites is 2. The first-order valence-electron chi connectivity index (χ1n) is 11.1. The van der Waals surface area contributed by atoms with Crippen molar-refractivity contribution in [3.05, 3.63) is 45.9 Å². The Morgan fingerprint density at radius 3 is 2.65 bits per heavy atom. The second-order valence-electron chi connectivity index (χ2n) is 8.51. The number of nitrogens with zero attached hydrogens (tertiary/aromatic N) is 3. The summed E-state index contributed by atoms with van der Waals surface area (Å²) in [6.45, 7) is 2.01. The van der Waals surface area contributed by atoms with E-state index < -0.39 is 5.92 Å². The molecule has 2 aliphatic rings. The maximum absolute atomic E-state index is 13.4. The number of benzene rings is 1. The lowest BCUT2D eigenvalue weighted by molar-refractivity contribution is -0.142. The van der Waals surface area contributed by atoms with Crippen molar-refractivity contribution in [2.45, 2.75) is 70.3 Å². The third-order valence-corrected chi connectivity index (χ3v) is 6.45. The molecule has 3 heterocycles. The van der Waals surface area contributed by atoms with E-state index in [1.807, 2.05) is 25.1 Å². The van der Waals surface area contributed by atoms with Gasteiger partial charge in [-0.05, 0) is 31.4 Å². The number of aromatic nitrogens is 3. The van der Waals surface area contributed by atoms with Crippen LogP contribution in [-0.2, 0) is 16.0 Å². The molecule has 1 aliphatic heterocycles. The summed E-state index contributed by atoms with van der Waals surface area (Å²) in [6, 6.07) is 7.39. The van der Waals surface area contributed by atoms with Crippen LogP contribution in [0.3, 0.4) is 0 Å². The molecule has 1 saturated heterocycles. The van der Waals surface area contributed by atoms with Crippen molar-refractivity contribution in [3.8, 4) is 6.01 Å². The minimum absolute atomic E-state index is 0.0356. The van der Waals surface area contributed by atoms with Crippen molar-refractivity contribution in [2.75, 3.05) is 0 Å². The highest BCUT2D eigenvalue weighted by Crippen LogP contribution is 2.35. The number of carbonyl (C=O) groups excluding carboxylic acids is 2. The number of H-pyrrole nitrogens is 1. The van der Waals surface area contributed by atoms with Gasteiger partial charge in [0.1, 0.15) is 5.52 Å². The molecule has 2 aromatic heterocycles. The summed E-state index contributed by atoms with van der Waals surface area (Å²) in [5.74, 6) is -1.15. The Morgan fingerprint density at radius 2 is 1.90 bits per heavy atom. The highest BCUT2D eigenvalue weighted by Gasteiger charge is 2.45. The fourth-order valence-electron chi connectivity index (χ4n) is 4.99. The van der Waals surface area contributed by atoms with Crippen LogP contribution in [0.15, 0.2) is 33.5 Å². The van der Waals surface area contributed by atoms with Gasteiger partial charge in [-0.15, -0.1) is 0 Å². The first kappa shape index (κ1) is 19.8. The molecule has 0 spiro atoms. The topological polar surface area (TPSA) is 101 Å². The highest BCUT2D eigenvalue weighted by molar-refractivity contribution is 6.06. The Hall–Kier alpha value is -3.16. The minimum Gasteiger partial charge on any atom is -0.422 e. The van der Waals surface area contributed by atoms with Crippen molar-refractivity contribution in [2.24, 2.45) is 0 Å². The lowest BCUT2D eigenvalue weighted by atomic mass is 9.93. The van der Waals surface area contributed by atoms with Crippen LogP contribution < -0.4 is 5.56 Å². The van der Waals surface area contributed by atoms with E-state index in [0.717, 1.165) is 38.5 Å². The second kappa shape index (κ2) is 7.83. The van der Waals surface area contributed by atoms with Gasteiger partial charge in [0.05, 0.1) is 11.5 Å². The average Bonchev–Trinajstić information content (AvgIpc) is 3.42. The Balaban J connectivity index is 1.55. The van der Waals surface area contributed by atoms with E-state index >= 15 is 0 Å². The number of hydrogen-bond acceptors (Lipinski definition) is 5. The molecule has 1 N–H and O–H groups in total. The Labute approximate surface area is 179 Å². The number of imide groups is 1. The van der Waals surface area contributed by atoms with Gasteiger partial charge in [0, 0.05) is 18.2 Å². The fourth-order valence-corrected chi connectivity index (χ4v) is 4.99. The molecule has 1 aliphatic carbocycles. The van der Waals surface area contributed by atoms with Crippen LogP contribution in [0.1, 0.15) is 69.0 Å². The largest absolute Gasteiger partial charge is 0.422 e. The Kier molecular flexibility index (Phi) is 5.00. The van der Waals surface area contributed by atoms with Crippen molar-refractivity contribution in [3.63, 3.8) is 0 Å². The van der Waals surface area contributed by atoms with Crippen molar-refractivity contribution >= 4 is 22.9 Å². The molecular formula is C23H26N4O4. The monoisotopic (exact) mass is 422 g/mol. The number of likely N-dealkylation sites (tertiary alicyclic amines) is 1. The van der Waals surface area contributed by atoms with Crippen molar-refractivity contribution in [1.82, 2.24) is 19.7 Å². The van der Waals surface area contributed by atoms with Crippen LogP contribution in [0.4, 0.5) is 0 Å². The van der Waals surface area contributed by atoms with E-state index in [1.54, 1.807) is 6.07 Å². The molecule has 1 atom stereocenters. The quantitative estimate of drug-likeness (QED) is 0.635. The molecule has 1 aromatic carbocycles. The summed E-state index contributed by atoms with van der Waals surface area (Å²) in [7, 11) is 0.